The molecule has 1 N–H and O–H groups in total. The fourth-order valence-electron chi connectivity index (χ4n) is 3.13. The van der Waals surface area contributed by atoms with E-state index < -0.39 is 0 Å². The van der Waals surface area contributed by atoms with Crippen LogP contribution in [0.15, 0.2) is 60.0 Å². The van der Waals surface area contributed by atoms with Crippen LogP contribution in [0.25, 0.3) is 5.69 Å². The van der Waals surface area contributed by atoms with Crippen LogP contribution < -0.4 is 5.32 Å². The van der Waals surface area contributed by atoms with Gasteiger partial charge >= 0.3 is 0 Å². The Hall–Kier alpha value is -2.60. The number of nitrogens with one attached hydrogen (secondary N) is 1. The Kier molecular flexibility index (Phi) is 6.87. The van der Waals surface area contributed by atoms with Gasteiger partial charge < -0.3 is 5.32 Å². The van der Waals surface area contributed by atoms with E-state index in [1.165, 1.54) is 17.3 Å². The summed E-state index contributed by atoms with van der Waals surface area (Å²) in [5, 5.41) is 12.1. The molecular weight excluding hydrogens is 368 g/mol. The third kappa shape index (κ3) is 5.01. The molecule has 0 unspecified atom stereocenters. The topological polar surface area (TPSA) is 59.8 Å². The molecule has 1 aromatic heterocycles. The quantitative estimate of drug-likeness (QED) is 0.566. The van der Waals surface area contributed by atoms with Crippen LogP contribution in [-0.4, -0.2) is 26.4 Å². The van der Waals surface area contributed by atoms with Crippen molar-refractivity contribution in [2.24, 2.45) is 0 Å². The number of carbonyl (C=O) groups excluding carboxylic acids is 1. The highest BCUT2D eigenvalue weighted by atomic mass is 32.2. The maximum absolute atomic E-state index is 12.6. The fraction of sp³-hybridized carbons (Fsp3) is 0.318. The summed E-state index contributed by atoms with van der Waals surface area (Å²) in [7, 11) is 0. The average molecular weight is 395 g/mol. The first-order valence-corrected chi connectivity index (χ1v) is 10.5. The van der Waals surface area contributed by atoms with Crippen LogP contribution in [0.5, 0.6) is 0 Å². The number of benzene rings is 2. The fourth-order valence-corrected chi connectivity index (χ4v) is 3.86. The van der Waals surface area contributed by atoms with Gasteiger partial charge in [-0.25, -0.2) is 0 Å². The number of aromatic nitrogens is 3. The van der Waals surface area contributed by atoms with E-state index in [-0.39, 0.29) is 11.9 Å². The number of hydrogen-bond acceptors (Lipinski definition) is 4. The highest BCUT2D eigenvalue weighted by Crippen LogP contribution is 2.23. The molecule has 0 saturated carbocycles. The van der Waals surface area contributed by atoms with Crippen molar-refractivity contribution in [3.8, 4) is 5.69 Å². The van der Waals surface area contributed by atoms with Gasteiger partial charge in [-0.05, 0) is 43.0 Å². The van der Waals surface area contributed by atoms with Crippen molar-refractivity contribution >= 4 is 17.7 Å². The Morgan fingerprint density at radius 2 is 1.96 bits per heavy atom. The first-order chi connectivity index (χ1) is 13.6. The number of hydrogen-bond donors (Lipinski definition) is 1. The molecule has 0 bridgehead atoms. The standard InChI is InChI=1S/C22H26N4OS/c1-4-8-19(18-9-6-5-7-10-18)24-21(27)14-28-22-25-23-15-26(22)20-13-16(2)11-12-17(20)3/h5-7,9-13,15,19H,4,8,14H2,1-3H3,(H,24,27)/t19-/m1/s1. The molecule has 0 aliphatic carbocycles. The van der Waals surface area contributed by atoms with Gasteiger partial charge in [-0.2, -0.15) is 0 Å². The molecule has 2 aromatic carbocycles. The van der Waals surface area contributed by atoms with E-state index in [0.29, 0.717) is 5.75 Å². The SMILES string of the molecule is CCC[C@@H](NC(=O)CSc1nncn1-c1cc(C)ccc1C)c1ccccc1. The molecule has 0 fully saturated rings. The van der Waals surface area contributed by atoms with E-state index in [1.54, 1.807) is 6.33 Å². The van der Waals surface area contributed by atoms with Gasteiger partial charge in [-0.3, -0.25) is 9.36 Å². The summed E-state index contributed by atoms with van der Waals surface area (Å²) in [6.45, 7) is 6.25. The van der Waals surface area contributed by atoms with E-state index in [2.05, 4.69) is 66.6 Å². The van der Waals surface area contributed by atoms with Crippen LogP contribution >= 0.6 is 11.8 Å². The number of aryl methyl sites for hydroxylation is 2. The lowest BCUT2D eigenvalue weighted by Crippen LogP contribution is -2.30. The minimum absolute atomic E-state index is 0.00261. The van der Waals surface area contributed by atoms with Crippen molar-refractivity contribution in [2.45, 2.75) is 44.8 Å². The summed E-state index contributed by atoms with van der Waals surface area (Å²) in [5.41, 5.74) is 4.50. The van der Waals surface area contributed by atoms with Gasteiger partial charge in [0.2, 0.25) is 5.91 Å². The minimum atomic E-state index is 0.00261. The van der Waals surface area contributed by atoms with E-state index >= 15 is 0 Å². The van der Waals surface area contributed by atoms with Gasteiger partial charge in [0.05, 0.1) is 17.5 Å². The molecule has 0 radical (unpaired) electrons. The third-order valence-corrected chi connectivity index (χ3v) is 5.53. The zero-order valence-corrected chi connectivity index (χ0v) is 17.4. The summed E-state index contributed by atoms with van der Waals surface area (Å²) in [5.74, 6) is 0.305. The second-order valence-electron chi connectivity index (χ2n) is 6.88. The third-order valence-electron chi connectivity index (χ3n) is 4.59. The zero-order chi connectivity index (χ0) is 19.9. The Labute approximate surface area is 170 Å². The van der Waals surface area contributed by atoms with Crippen LogP contribution in [0.1, 0.15) is 42.5 Å². The Morgan fingerprint density at radius 1 is 1.18 bits per heavy atom. The molecule has 1 heterocycles. The van der Waals surface area contributed by atoms with Gasteiger partial charge in [0.1, 0.15) is 6.33 Å². The van der Waals surface area contributed by atoms with Crippen LogP contribution in [0, 0.1) is 13.8 Å². The first-order valence-electron chi connectivity index (χ1n) is 9.53. The Bertz CT molecular complexity index is 923. The molecule has 6 heteroatoms. The molecule has 3 rings (SSSR count). The average Bonchev–Trinajstić information content (AvgIpc) is 3.17. The maximum atomic E-state index is 12.6. The van der Waals surface area contributed by atoms with Gasteiger partial charge in [0, 0.05) is 0 Å². The molecule has 1 atom stereocenters. The number of rotatable bonds is 8. The largest absolute Gasteiger partial charge is 0.349 e. The second-order valence-corrected chi connectivity index (χ2v) is 7.82. The van der Waals surface area contributed by atoms with Crippen LogP contribution in [0.3, 0.4) is 0 Å². The lowest BCUT2D eigenvalue weighted by Gasteiger charge is -2.18. The summed E-state index contributed by atoms with van der Waals surface area (Å²) >= 11 is 1.40. The van der Waals surface area contributed by atoms with Crippen molar-refractivity contribution in [1.82, 2.24) is 20.1 Å². The molecule has 146 valence electrons. The summed E-state index contributed by atoms with van der Waals surface area (Å²) in [4.78, 5) is 12.6. The molecule has 1 amide bonds. The monoisotopic (exact) mass is 394 g/mol. The first kappa shape index (κ1) is 20.1. The normalized spacial score (nSPS) is 12.0. The summed E-state index contributed by atoms with van der Waals surface area (Å²) in [6.07, 6.45) is 3.62. The van der Waals surface area contributed by atoms with Crippen LogP contribution in [-0.2, 0) is 4.79 Å². The number of carbonyl (C=O) groups is 1. The van der Waals surface area contributed by atoms with Crippen molar-refractivity contribution in [1.29, 1.82) is 0 Å². The highest BCUT2D eigenvalue weighted by Gasteiger charge is 2.16. The van der Waals surface area contributed by atoms with E-state index in [4.69, 9.17) is 0 Å². The molecule has 0 aliphatic heterocycles. The van der Waals surface area contributed by atoms with E-state index in [9.17, 15) is 4.79 Å². The molecule has 5 nitrogen and oxygen atoms in total. The van der Waals surface area contributed by atoms with Crippen molar-refractivity contribution in [2.75, 3.05) is 5.75 Å². The number of nitrogens with zero attached hydrogens (tertiary/aromatic N) is 3. The highest BCUT2D eigenvalue weighted by molar-refractivity contribution is 7.99. The molecule has 0 spiro atoms. The summed E-state index contributed by atoms with van der Waals surface area (Å²) < 4.78 is 1.95. The predicted molar refractivity (Wildman–Crippen MR) is 114 cm³/mol. The van der Waals surface area contributed by atoms with Crippen molar-refractivity contribution < 1.29 is 4.79 Å². The molecule has 3 aromatic rings. The summed E-state index contributed by atoms with van der Waals surface area (Å²) in [6, 6.07) is 16.4. The molecular formula is C22H26N4OS. The van der Waals surface area contributed by atoms with Crippen molar-refractivity contribution in [3.05, 3.63) is 71.5 Å². The van der Waals surface area contributed by atoms with Gasteiger partial charge in [0.15, 0.2) is 5.16 Å². The van der Waals surface area contributed by atoms with Gasteiger partial charge in [-0.1, -0.05) is 67.6 Å². The van der Waals surface area contributed by atoms with E-state index in [0.717, 1.165) is 34.8 Å². The predicted octanol–water partition coefficient (Wildman–Crippen LogP) is 4.63. The van der Waals surface area contributed by atoms with Crippen LogP contribution in [0.2, 0.25) is 0 Å². The molecule has 0 saturated heterocycles. The molecule has 0 aliphatic rings. The van der Waals surface area contributed by atoms with Crippen LogP contribution in [0.4, 0.5) is 0 Å². The maximum Gasteiger partial charge on any atom is 0.230 e. The Morgan fingerprint density at radius 3 is 2.71 bits per heavy atom. The lowest BCUT2D eigenvalue weighted by atomic mass is 10.0. The van der Waals surface area contributed by atoms with Crippen molar-refractivity contribution in [3.63, 3.8) is 0 Å². The van der Waals surface area contributed by atoms with Gasteiger partial charge in [0.25, 0.3) is 0 Å². The van der Waals surface area contributed by atoms with Gasteiger partial charge in [-0.15, -0.1) is 10.2 Å². The lowest BCUT2D eigenvalue weighted by molar-refractivity contribution is -0.119. The Balaban J connectivity index is 1.67. The van der Waals surface area contributed by atoms with E-state index in [1.807, 2.05) is 22.8 Å². The molecule has 28 heavy (non-hydrogen) atoms. The zero-order valence-electron chi connectivity index (χ0n) is 16.6. The smallest absolute Gasteiger partial charge is 0.230 e. The minimum Gasteiger partial charge on any atom is -0.349 e. The second kappa shape index (κ2) is 9.55. The number of thioether (sulfide) groups is 1. The number of amides is 1.